The molecule has 0 atom stereocenters. The van der Waals surface area contributed by atoms with Gasteiger partial charge in [0.25, 0.3) is 0 Å². The van der Waals surface area contributed by atoms with E-state index in [1.165, 1.54) is 19.1 Å². The number of aryl methyl sites for hydroxylation is 1. The fraction of sp³-hybridized carbons (Fsp3) is 0.143. The van der Waals surface area contributed by atoms with Gasteiger partial charge < -0.3 is 5.73 Å². The SMILES string of the molecule is Cc1ccc(N)c(F)c1[N+](=O)[O-]. The molecule has 0 spiro atoms. The van der Waals surface area contributed by atoms with E-state index >= 15 is 0 Å². The molecule has 1 aromatic rings. The summed E-state index contributed by atoms with van der Waals surface area (Å²) in [4.78, 5) is 9.53. The Bertz CT molecular complexity index is 338. The molecule has 0 bridgehead atoms. The molecule has 0 unspecified atom stereocenters. The second kappa shape index (κ2) is 2.77. The molecule has 0 aliphatic rings. The molecular weight excluding hydrogens is 163 g/mol. The molecule has 0 saturated heterocycles. The Labute approximate surface area is 68.0 Å². The topological polar surface area (TPSA) is 69.2 Å². The van der Waals surface area contributed by atoms with Gasteiger partial charge in [0.15, 0.2) is 0 Å². The first-order chi connectivity index (χ1) is 5.54. The third-order valence-corrected chi connectivity index (χ3v) is 1.53. The van der Waals surface area contributed by atoms with E-state index in [2.05, 4.69) is 0 Å². The molecule has 1 rings (SSSR count). The molecule has 1 aromatic carbocycles. The van der Waals surface area contributed by atoms with Crippen molar-refractivity contribution in [3.8, 4) is 0 Å². The predicted molar refractivity (Wildman–Crippen MR) is 42.2 cm³/mol. The van der Waals surface area contributed by atoms with Crippen LogP contribution in [0.25, 0.3) is 0 Å². The number of nitrogens with zero attached hydrogens (tertiary/aromatic N) is 1. The first-order valence-corrected chi connectivity index (χ1v) is 3.23. The van der Waals surface area contributed by atoms with E-state index in [0.717, 1.165) is 0 Å². The van der Waals surface area contributed by atoms with Crippen LogP contribution in [0.1, 0.15) is 5.56 Å². The molecule has 5 heteroatoms. The van der Waals surface area contributed by atoms with Gasteiger partial charge in [-0.05, 0) is 13.0 Å². The Morgan fingerprint density at radius 1 is 1.58 bits per heavy atom. The number of hydrogen-bond acceptors (Lipinski definition) is 3. The summed E-state index contributed by atoms with van der Waals surface area (Å²) < 4.78 is 12.9. The number of anilines is 1. The highest BCUT2D eigenvalue weighted by atomic mass is 19.1. The van der Waals surface area contributed by atoms with Gasteiger partial charge in [-0.2, -0.15) is 4.39 Å². The minimum absolute atomic E-state index is 0.202. The largest absolute Gasteiger partial charge is 0.396 e. The third-order valence-electron chi connectivity index (χ3n) is 1.53. The van der Waals surface area contributed by atoms with E-state index in [-0.39, 0.29) is 11.3 Å². The molecule has 4 nitrogen and oxygen atoms in total. The molecule has 0 heterocycles. The van der Waals surface area contributed by atoms with Crippen molar-refractivity contribution in [1.29, 1.82) is 0 Å². The highest BCUT2D eigenvalue weighted by Crippen LogP contribution is 2.25. The number of hydrogen-bond donors (Lipinski definition) is 1. The lowest BCUT2D eigenvalue weighted by atomic mass is 10.2. The summed E-state index contributed by atoms with van der Waals surface area (Å²) in [6.45, 7) is 1.46. The molecule has 2 N–H and O–H groups in total. The summed E-state index contributed by atoms with van der Waals surface area (Å²) in [6, 6.07) is 2.72. The van der Waals surface area contributed by atoms with Crippen LogP contribution in [0.15, 0.2) is 12.1 Å². The summed E-state index contributed by atoms with van der Waals surface area (Å²) in [6.07, 6.45) is 0. The fourth-order valence-electron chi connectivity index (χ4n) is 0.901. The van der Waals surface area contributed by atoms with E-state index in [4.69, 9.17) is 5.73 Å². The van der Waals surface area contributed by atoms with E-state index < -0.39 is 16.4 Å². The van der Waals surface area contributed by atoms with Crippen molar-refractivity contribution < 1.29 is 9.31 Å². The lowest BCUT2D eigenvalue weighted by Gasteiger charge is -1.99. The highest BCUT2D eigenvalue weighted by Gasteiger charge is 2.19. The molecule has 0 aliphatic carbocycles. The molecule has 64 valence electrons. The van der Waals surface area contributed by atoms with Crippen LogP contribution in [0.5, 0.6) is 0 Å². The van der Waals surface area contributed by atoms with E-state index in [1.807, 2.05) is 0 Å². The van der Waals surface area contributed by atoms with Gasteiger partial charge in [-0.25, -0.2) is 0 Å². The average Bonchev–Trinajstić information content (AvgIpc) is 1.97. The van der Waals surface area contributed by atoms with Gasteiger partial charge in [0, 0.05) is 5.56 Å². The lowest BCUT2D eigenvalue weighted by Crippen LogP contribution is -1.99. The Morgan fingerprint density at radius 2 is 2.17 bits per heavy atom. The quantitative estimate of drug-likeness (QED) is 0.395. The van der Waals surface area contributed by atoms with Gasteiger partial charge in [0.2, 0.25) is 5.82 Å². The molecule has 0 aromatic heterocycles. The van der Waals surface area contributed by atoms with Crippen molar-refractivity contribution in [3.63, 3.8) is 0 Å². The first kappa shape index (κ1) is 8.45. The maximum atomic E-state index is 12.9. The number of nitrogens with two attached hydrogens (primary N) is 1. The fourth-order valence-corrected chi connectivity index (χ4v) is 0.901. The number of nitrogen functional groups attached to an aromatic ring is 1. The zero-order valence-electron chi connectivity index (χ0n) is 6.37. The van der Waals surface area contributed by atoms with Gasteiger partial charge in [-0.1, -0.05) is 6.07 Å². The van der Waals surface area contributed by atoms with Crippen molar-refractivity contribution >= 4 is 11.4 Å². The molecule has 0 saturated carbocycles. The molecular formula is C7H7FN2O2. The highest BCUT2D eigenvalue weighted by molar-refractivity contribution is 5.53. The number of nitro groups is 1. The Kier molecular flexibility index (Phi) is 1.95. The number of halogens is 1. The van der Waals surface area contributed by atoms with Crippen LogP contribution in [-0.2, 0) is 0 Å². The Hall–Kier alpha value is -1.65. The van der Waals surface area contributed by atoms with Crippen LogP contribution in [-0.4, -0.2) is 4.92 Å². The number of nitro benzene ring substituents is 1. The second-order valence-electron chi connectivity index (χ2n) is 2.39. The summed E-state index contributed by atoms with van der Waals surface area (Å²) in [7, 11) is 0. The van der Waals surface area contributed by atoms with Crippen molar-refractivity contribution in [1.82, 2.24) is 0 Å². The van der Waals surface area contributed by atoms with Gasteiger partial charge >= 0.3 is 5.69 Å². The molecule has 0 fully saturated rings. The minimum Gasteiger partial charge on any atom is -0.396 e. The van der Waals surface area contributed by atoms with Gasteiger partial charge in [0.1, 0.15) is 0 Å². The van der Waals surface area contributed by atoms with Crippen LogP contribution in [0, 0.1) is 22.9 Å². The van der Waals surface area contributed by atoms with Crippen molar-refractivity contribution in [2.45, 2.75) is 6.92 Å². The van der Waals surface area contributed by atoms with Crippen molar-refractivity contribution in [2.75, 3.05) is 5.73 Å². The van der Waals surface area contributed by atoms with E-state index in [9.17, 15) is 14.5 Å². The summed E-state index contributed by atoms with van der Waals surface area (Å²) in [5, 5.41) is 10.3. The smallest absolute Gasteiger partial charge is 0.309 e. The average molecular weight is 170 g/mol. The normalized spacial score (nSPS) is 9.83. The number of rotatable bonds is 1. The van der Waals surface area contributed by atoms with E-state index in [0.29, 0.717) is 0 Å². The zero-order chi connectivity index (χ0) is 9.30. The van der Waals surface area contributed by atoms with Crippen LogP contribution < -0.4 is 5.73 Å². The van der Waals surface area contributed by atoms with Crippen LogP contribution in [0.3, 0.4) is 0 Å². The lowest BCUT2D eigenvalue weighted by molar-refractivity contribution is -0.388. The standard InChI is InChI=1S/C7H7FN2O2/c1-4-2-3-5(9)6(8)7(4)10(11)12/h2-3H,9H2,1H3. The van der Waals surface area contributed by atoms with Gasteiger partial charge in [-0.15, -0.1) is 0 Å². The zero-order valence-corrected chi connectivity index (χ0v) is 6.37. The second-order valence-corrected chi connectivity index (χ2v) is 2.39. The van der Waals surface area contributed by atoms with Crippen LogP contribution in [0.4, 0.5) is 15.8 Å². The Balaban J connectivity index is 3.43. The summed E-state index contributed by atoms with van der Waals surface area (Å²) >= 11 is 0. The van der Waals surface area contributed by atoms with Crippen molar-refractivity contribution in [3.05, 3.63) is 33.6 Å². The van der Waals surface area contributed by atoms with Gasteiger partial charge in [0.05, 0.1) is 10.6 Å². The number of benzene rings is 1. The van der Waals surface area contributed by atoms with E-state index in [1.54, 1.807) is 0 Å². The molecule has 0 radical (unpaired) electrons. The van der Waals surface area contributed by atoms with Crippen molar-refractivity contribution in [2.24, 2.45) is 0 Å². The third kappa shape index (κ3) is 1.20. The molecule has 0 aliphatic heterocycles. The Morgan fingerprint density at radius 3 is 2.58 bits per heavy atom. The summed E-state index contributed by atoms with van der Waals surface area (Å²) in [5.74, 6) is -0.958. The maximum Gasteiger partial charge on any atom is 0.309 e. The molecule has 12 heavy (non-hydrogen) atoms. The first-order valence-electron chi connectivity index (χ1n) is 3.23. The monoisotopic (exact) mass is 170 g/mol. The minimum atomic E-state index is -0.958. The van der Waals surface area contributed by atoms with Gasteiger partial charge in [-0.3, -0.25) is 10.1 Å². The maximum absolute atomic E-state index is 12.9. The summed E-state index contributed by atoms with van der Waals surface area (Å²) in [5.41, 5.74) is 4.67. The van der Waals surface area contributed by atoms with Crippen LogP contribution in [0.2, 0.25) is 0 Å². The predicted octanol–water partition coefficient (Wildman–Crippen LogP) is 1.62. The van der Waals surface area contributed by atoms with Crippen LogP contribution >= 0.6 is 0 Å². The molecule has 0 amide bonds.